The summed E-state index contributed by atoms with van der Waals surface area (Å²) in [5.74, 6) is 1.80. The Morgan fingerprint density at radius 1 is 1.17 bits per heavy atom. The van der Waals surface area contributed by atoms with Crippen molar-refractivity contribution in [3.63, 3.8) is 0 Å². The van der Waals surface area contributed by atoms with Crippen molar-refractivity contribution in [1.29, 1.82) is 0 Å². The van der Waals surface area contributed by atoms with Crippen LogP contribution in [0.2, 0.25) is 0 Å². The molecule has 0 aliphatic heterocycles. The first-order chi connectivity index (χ1) is 11.1. The van der Waals surface area contributed by atoms with Gasteiger partial charge >= 0.3 is 0 Å². The molecule has 0 radical (unpaired) electrons. The number of carbonyl (C=O) groups excluding carboxylic acids is 1. The number of nitrogens with one attached hydrogen (secondary N) is 1. The molecular formula is C16H16N4O3. The molecule has 7 nitrogen and oxygen atoms in total. The summed E-state index contributed by atoms with van der Waals surface area (Å²) in [6.45, 7) is 3.76. The van der Waals surface area contributed by atoms with E-state index in [1.54, 1.807) is 13.0 Å². The Bertz CT molecular complexity index is 822. The number of nitrogens with zero attached hydrogens (tertiary/aromatic N) is 3. The van der Waals surface area contributed by atoms with E-state index >= 15 is 0 Å². The molecule has 2 heterocycles. The van der Waals surface area contributed by atoms with Crippen LogP contribution in [0.4, 0.5) is 5.82 Å². The van der Waals surface area contributed by atoms with E-state index in [0.29, 0.717) is 29.7 Å². The van der Waals surface area contributed by atoms with E-state index in [-0.39, 0.29) is 12.3 Å². The molecule has 0 spiro atoms. The topological polar surface area (TPSA) is 94.1 Å². The maximum atomic E-state index is 11.8. The lowest BCUT2D eigenvalue weighted by Gasteiger charge is -1.98. The number of amides is 1. The SMILES string of the molecule is Cc1cccc(-c2noc(CCC(=O)Nc3cc(C)on3)n2)c1. The lowest BCUT2D eigenvalue weighted by atomic mass is 10.1. The summed E-state index contributed by atoms with van der Waals surface area (Å²) in [7, 11) is 0. The van der Waals surface area contributed by atoms with E-state index in [9.17, 15) is 4.79 Å². The Balaban J connectivity index is 1.58. The van der Waals surface area contributed by atoms with Crippen LogP contribution in [-0.4, -0.2) is 21.2 Å². The van der Waals surface area contributed by atoms with Gasteiger partial charge in [0, 0.05) is 24.5 Å². The number of aromatic nitrogens is 3. The summed E-state index contributed by atoms with van der Waals surface area (Å²) in [5.41, 5.74) is 2.01. The summed E-state index contributed by atoms with van der Waals surface area (Å²) in [5, 5.41) is 10.3. The zero-order valence-corrected chi connectivity index (χ0v) is 12.9. The molecule has 0 atom stereocenters. The van der Waals surface area contributed by atoms with Crippen LogP contribution in [0.3, 0.4) is 0 Å². The van der Waals surface area contributed by atoms with Crippen molar-refractivity contribution in [1.82, 2.24) is 15.3 Å². The fourth-order valence-electron chi connectivity index (χ4n) is 2.11. The van der Waals surface area contributed by atoms with Crippen LogP contribution < -0.4 is 5.32 Å². The molecule has 0 saturated heterocycles. The molecule has 0 bridgehead atoms. The highest BCUT2D eigenvalue weighted by molar-refractivity contribution is 5.89. The zero-order valence-electron chi connectivity index (χ0n) is 12.9. The van der Waals surface area contributed by atoms with Gasteiger partial charge < -0.3 is 14.4 Å². The second kappa shape index (κ2) is 6.43. The second-order valence-corrected chi connectivity index (χ2v) is 5.25. The highest BCUT2D eigenvalue weighted by atomic mass is 16.5. The van der Waals surface area contributed by atoms with E-state index < -0.39 is 0 Å². The van der Waals surface area contributed by atoms with Crippen molar-refractivity contribution in [2.45, 2.75) is 26.7 Å². The number of benzene rings is 1. The Hall–Kier alpha value is -2.96. The average Bonchev–Trinajstić information content (AvgIpc) is 3.14. The van der Waals surface area contributed by atoms with Crippen LogP contribution >= 0.6 is 0 Å². The number of anilines is 1. The summed E-state index contributed by atoms with van der Waals surface area (Å²) in [6.07, 6.45) is 0.586. The van der Waals surface area contributed by atoms with Gasteiger partial charge in [0.15, 0.2) is 5.82 Å². The molecule has 1 amide bonds. The van der Waals surface area contributed by atoms with Crippen LogP contribution in [0, 0.1) is 13.8 Å². The lowest BCUT2D eigenvalue weighted by molar-refractivity contribution is -0.116. The fraction of sp³-hybridized carbons (Fsp3) is 0.250. The van der Waals surface area contributed by atoms with E-state index in [1.807, 2.05) is 31.2 Å². The molecule has 0 fully saturated rings. The van der Waals surface area contributed by atoms with Crippen molar-refractivity contribution in [2.75, 3.05) is 5.32 Å². The Morgan fingerprint density at radius 3 is 2.78 bits per heavy atom. The lowest BCUT2D eigenvalue weighted by Crippen LogP contribution is -2.12. The quantitative estimate of drug-likeness (QED) is 0.778. The summed E-state index contributed by atoms with van der Waals surface area (Å²) in [6, 6.07) is 9.49. The molecule has 0 aliphatic rings. The first kappa shape index (κ1) is 15.0. The van der Waals surface area contributed by atoms with Gasteiger partial charge in [0.25, 0.3) is 0 Å². The van der Waals surface area contributed by atoms with Crippen LogP contribution in [0.1, 0.15) is 23.6 Å². The van der Waals surface area contributed by atoms with Crippen molar-refractivity contribution in [3.05, 3.63) is 47.5 Å². The van der Waals surface area contributed by atoms with Crippen LogP contribution in [0.5, 0.6) is 0 Å². The number of hydrogen-bond acceptors (Lipinski definition) is 6. The summed E-state index contributed by atoms with van der Waals surface area (Å²) >= 11 is 0. The minimum Gasteiger partial charge on any atom is -0.360 e. The van der Waals surface area contributed by atoms with Gasteiger partial charge in [0.05, 0.1) is 0 Å². The maximum absolute atomic E-state index is 11.8. The van der Waals surface area contributed by atoms with Crippen molar-refractivity contribution in [3.8, 4) is 11.4 Å². The molecular weight excluding hydrogens is 296 g/mol. The third-order valence-corrected chi connectivity index (χ3v) is 3.21. The molecule has 0 unspecified atom stereocenters. The molecule has 118 valence electrons. The van der Waals surface area contributed by atoms with E-state index in [1.165, 1.54) is 0 Å². The normalized spacial score (nSPS) is 10.7. The van der Waals surface area contributed by atoms with Gasteiger partial charge in [-0.15, -0.1) is 0 Å². The molecule has 1 aromatic carbocycles. The predicted molar refractivity (Wildman–Crippen MR) is 82.7 cm³/mol. The van der Waals surface area contributed by atoms with E-state index in [0.717, 1.165) is 11.1 Å². The minimum absolute atomic E-state index is 0.186. The minimum atomic E-state index is -0.186. The molecule has 0 saturated carbocycles. The molecule has 0 aliphatic carbocycles. The highest BCUT2D eigenvalue weighted by Crippen LogP contribution is 2.17. The van der Waals surface area contributed by atoms with Crippen molar-refractivity contribution >= 4 is 11.7 Å². The van der Waals surface area contributed by atoms with Gasteiger partial charge in [-0.2, -0.15) is 4.98 Å². The summed E-state index contributed by atoms with van der Waals surface area (Å²) < 4.78 is 10.1. The Kier molecular flexibility index (Phi) is 4.18. The number of hydrogen-bond donors (Lipinski definition) is 1. The monoisotopic (exact) mass is 312 g/mol. The number of carbonyl (C=O) groups is 1. The summed E-state index contributed by atoms with van der Waals surface area (Å²) in [4.78, 5) is 16.1. The average molecular weight is 312 g/mol. The Morgan fingerprint density at radius 2 is 2.04 bits per heavy atom. The fourth-order valence-corrected chi connectivity index (χ4v) is 2.11. The first-order valence-corrected chi connectivity index (χ1v) is 7.23. The van der Waals surface area contributed by atoms with Gasteiger partial charge in [-0.05, 0) is 19.9 Å². The predicted octanol–water partition coefficient (Wildman–Crippen LogP) is 2.91. The van der Waals surface area contributed by atoms with Crippen LogP contribution in [0.15, 0.2) is 39.4 Å². The maximum Gasteiger partial charge on any atom is 0.227 e. The molecule has 3 aromatic rings. The van der Waals surface area contributed by atoms with Gasteiger partial charge in [0.2, 0.25) is 17.6 Å². The van der Waals surface area contributed by atoms with Crippen LogP contribution in [-0.2, 0) is 11.2 Å². The number of aryl methyl sites for hydroxylation is 3. The molecule has 2 aromatic heterocycles. The number of rotatable bonds is 5. The van der Waals surface area contributed by atoms with Gasteiger partial charge in [-0.1, -0.05) is 34.1 Å². The molecule has 1 N–H and O–H groups in total. The third-order valence-electron chi connectivity index (χ3n) is 3.21. The smallest absolute Gasteiger partial charge is 0.227 e. The first-order valence-electron chi connectivity index (χ1n) is 7.23. The zero-order chi connectivity index (χ0) is 16.2. The van der Waals surface area contributed by atoms with E-state index in [4.69, 9.17) is 9.05 Å². The van der Waals surface area contributed by atoms with Gasteiger partial charge in [-0.25, -0.2) is 0 Å². The van der Waals surface area contributed by atoms with Crippen molar-refractivity contribution < 1.29 is 13.8 Å². The van der Waals surface area contributed by atoms with Crippen molar-refractivity contribution in [2.24, 2.45) is 0 Å². The van der Waals surface area contributed by atoms with Gasteiger partial charge in [0.1, 0.15) is 5.76 Å². The third kappa shape index (κ3) is 3.82. The van der Waals surface area contributed by atoms with Gasteiger partial charge in [-0.3, -0.25) is 4.79 Å². The van der Waals surface area contributed by atoms with E-state index in [2.05, 4.69) is 20.6 Å². The Labute approximate surface area is 132 Å². The van der Waals surface area contributed by atoms with Crippen LogP contribution in [0.25, 0.3) is 11.4 Å². The highest BCUT2D eigenvalue weighted by Gasteiger charge is 2.12. The largest absolute Gasteiger partial charge is 0.360 e. The molecule has 23 heavy (non-hydrogen) atoms. The second-order valence-electron chi connectivity index (χ2n) is 5.25. The molecule has 7 heteroatoms. The standard InChI is InChI=1S/C16H16N4O3/c1-10-4-3-5-12(8-10)16-18-15(23-20-16)7-6-14(21)17-13-9-11(2)22-19-13/h3-5,8-9H,6-7H2,1-2H3,(H,17,19,21). The molecule has 3 rings (SSSR count).